The van der Waals surface area contributed by atoms with Gasteiger partial charge >= 0.3 is 0 Å². The van der Waals surface area contributed by atoms with E-state index in [2.05, 4.69) is 4.98 Å². The second-order valence-corrected chi connectivity index (χ2v) is 3.59. The van der Waals surface area contributed by atoms with E-state index in [-0.39, 0.29) is 5.88 Å². The summed E-state index contributed by atoms with van der Waals surface area (Å²) in [6.07, 6.45) is 1.52. The van der Waals surface area contributed by atoms with E-state index in [4.69, 9.17) is 4.74 Å². The van der Waals surface area contributed by atoms with Gasteiger partial charge in [0.25, 0.3) is 0 Å². The maximum Gasteiger partial charge on any atom is 0.213 e. The molecule has 0 atom stereocenters. The molecule has 0 spiro atoms. The van der Waals surface area contributed by atoms with Crippen LogP contribution in [0.3, 0.4) is 0 Å². The third kappa shape index (κ3) is 2.51. The van der Waals surface area contributed by atoms with Crippen LogP contribution in [0, 0.1) is 6.92 Å². The fourth-order valence-corrected chi connectivity index (χ4v) is 1.36. The van der Waals surface area contributed by atoms with Gasteiger partial charge < -0.3 is 9.84 Å². The van der Waals surface area contributed by atoms with Crippen molar-refractivity contribution in [2.24, 2.45) is 0 Å². The minimum atomic E-state index is 0.0482. The summed E-state index contributed by atoms with van der Waals surface area (Å²) in [5.41, 5.74) is 1.82. The highest BCUT2D eigenvalue weighted by atomic mass is 16.5. The molecule has 2 aromatic rings. The van der Waals surface area contributed by atoms with E-state index in [0.717, 1.165) is 5.56 Å². The van der Waals surface area contributed by atoms with E-state index < -0.39 is 0 Å². The highest BCUT2D eigenvalue weighted by molar-refractivity contribution is 5.31. The minimum absolute atomic E-state index is 0.0482. The number of ether oxygens (including phenoxy) is 1. The average Bonchev–Trinajstić information content (AvgIpc) is 2.32. The average molecular weight is 215 g/mol. The molecule has 0 bridgehead atoms. The summed E-state index contributed by atoms with van der Waals surface area (Å²) in [6, 6.07) is 11.7. The van der Waals surface area contributed by atoms with Gasteiger partial charge in [0.2, 0.25) is 5.88 Å². The van der Waals surface area contributed by atoms with Crippen LogP contribution in [0.5, 0.6) is 11.6 Å². The summed E-state index contributed by atoms with van der Waals surface area (Å²) < 4.78 is 5.55. The van der Waals surface area contributed by atoms with Crippen molar-refractivity contribution in [2.75, 3.05) is 0 Å². The lowest BCUT2D eigenvalue weighted by atomic mass is 10.2. The summed E-state index contributed by atoms with van der Waals surface area (Å²) in [6.45, 7) is 2.30. The fourth-order valence-electron chi connectivity index (χ4n) is 1.36. The molecule has 3 heteroatoms. The van der Waals surface area contributed by atoms with Crippen LogP contribution in [0.1, 0.15) is 11.1 Å². The van der Waals surface area contributed by atoms with Crippen molar-refractivity contribution in [1.82, 2.24) is 4.98 Å². The smallest absolute Gasteiger partial charge is 0.213 e. The fraction of sp³-hybridized carbons (Fsp3) is 0.154. The molecule has 1 aromatic carbocycles. The van der Waals surface area contributed by atoms with E-state index in [0.29, 0.717) is 17.9 Å². The molecule has 0 aliphatic heterocycles. The molecule has 0 amide bonds. The van der Waals surface area contributed by atoms with Crippen molar-refractivity contribution in [1.29, 1.82) is 0 Å². The monoisotopic (exact) mass is 215 g/mol. The van der Waals surface area contributed by atoms with Gasteiger partial charge in [-0.25, -0.2) is 4.98 Å². The largest absolute Gasteiger partial charge is 0.493 e. The number of pyridine rings is 1. The summed E-state index contributed by atoms with van der Waals surface area (Å²) in [5, 5.41) is 9.26. The molecule has 3 nitrogen and oxygen atoms in total. The summed E-state index contributed by atoms with van der Waals surface area (Å²) in [5.74, 6) is 0.714. The molecule has 0 unspecified atom stereocenters. The number of aryl methyl sites for hydroxylation is 1. The van der Waals surface area contributed by atoms with Gasteiger partial charge in [0, 0.05) is 5.56 Å². The Bertz CT molecular complexity index is 469. The standard InChI is InChI=1S/C13H13NO2/c1-10-7-12(8-14-13(10)15)16-9-11-5-3-2-4-6-11/h2-8H,9H2,1H3,(H,14,15). The third-order valence-electron chi connectivity index (χ3n) is 2.27. The van der Waals surface area contributed by atoms with E-state index in [1.54, 1.807) is 13.0 Å². The Hall–Kier alpha value is -2.03. The number of hydrogen-bond acceptors (Lipinski definition) is 3. The highest BCUT2D eigenvalue weighted by Crippen LogP contribution is 2.19. The van der Waals surface area contributed by atoms with E-state index in [9.17, 15) is 5.11 Å². The quantitative estimate of drug-likeness (QED) is 0.855. The van der Waals surface area contributed by atoms with Crippen LogP contribution in [-0.4, -0.2) is 10.1 Å². The van der Waals surface area contributed by atoms with Gasteiger partial charge in [-0.05, 0) is 18.6 Å². The first-order chi connectivity index (χ1) is 7.75. The van der Waals surface area contributed by atoms with Gasteiger partial charge in [-0.1, -0.05) is 30.3 Å². The Morgan fingerprint density at radius 3 is 2.69 bits per heavy atom. The minimum Gasteiger partial charge on any atom is -0.493 e. The van der Waals surface area contributed by atoms with E-state index in [1.807, 2.05) is 30.3 Å². The van der Waals surface area contributed by atoms with Crippen LogP contribution in [-0.2, 0) is 6.61 Å². The topological polar surface area (TPSA) is 42.4 Å². The molecule has 2 rings (SSSR count). The van der Waals surface area contributed by atoms with Crippen LogP contribution in [0.2, 0.25) is 0 Å². The number of rotatable bonds is 3. The molecule has 1 N–H and O–H groups in total. The molecular formula is C13H13NO2. The van der Waals surface area contributed by atoms with Crippen LogP contribution in [0.4, 0.5) is 0 Å². The SMILES string of the molecule is Cc1cc(OCc2ccccc2)cnc1O. The number of aromatic hydroxyl groups is 1. The third-order valence-corrected chi connectivity index (χ3v) is 2.27. The number of benzene rings is 1. The van der Waals surface area contributed by atoms with Crippen LogP contribution in [0.15, 0.2) is 42.6 Å². The van der Waals surface area contributed by atoms with Gasteiger partial charge in [0.15, 0.2) is 0 Å². The molecule has 16 heavy (non-hydrogen) atoms. The van der Waals surface area contributed by atoms with Gasteiger partial charge in [0.05, 0.1) is 6.20 Å². The molecular weight excluding hydrogens is 202 g/mol. The van der Waals surface area contributed by atoms with Crippen molar-refractivity contribution in [3.63, 3.8) is 0 Å². The maximum absolute atomic E-state index is 9.26. The van der Waals surface area contributed by atoms with Crippen LogP contribution >= 0.6 is 0 Å². The maximum atomic E-state index is 9.26. The molecule has 0 fully saturated rings. The molecule has 0 radical (unpaired) electrons. The first-order valence-corrected chi connectivity index (χ1v) is 5.08. The Morgan fingerprint density at radius 1 is 1.25 bits per heavy atom. The first kappa shape index (κ1) is 10.5. The molecule has 0 aliphatic rings. The molecule has 82 valence electrons. The summed E-state index contributed by atoms with van der Waals surface area (Å²) in [7, 11) is 0. The number of nitrogens with zero attached hydrogens (tertiary/aromatic N) is 1. The Balaban J connectivity index is 2.03. The lowest BCUT2D eigenvalue weighted by Crippen LogP contribution is -1.95. The molecule has 1 heterocycles. The first-order valence-electron chi connectivity index (χ1n) is 5.08. The zero-order valence-electron chi connectivity index (χ0n) is 9.05. The van der Waals surface area contributed by atoms with Gasteiger partial charge in [0.1, 0.15) is 12.4 Å². The predicted octanol–water partition coefficient (Wildman–Crippen LogP) is 2.67. The van der Waals surface area contributed by atoms with Crippen LogP contribution in [0.25, 0.3) is 0 Å². The Morgan fingerprint density at radius 2 is 2.00 bits per heavy atom. The zero-order chi connectivity index (χ0) is 11.4. The van der Waals surface area contributed by atoms with Gasteiger partial charge in [-0.2, -0.15) is 0 Å². The van der Waals surface area contributed by atoms with Crippen molar-refractivity contribution in [3.8, 4) is 11.6 Å². The van der Waals surface area contributed by atoms with Crippen molar-refractivity contribution in [3.05, 3.63) is 53.7 Å². The highest BCUT2D eigenvalue weighted by Gasteiger charge is 2.00. The summed E-state index contributed by atoms with van der Waals surface area (Å²) in [4.78, 5) is 3.82. The normalized spacial score (nSPS) is 10.1. The van der Waals surface area contributed by atoms with Crippen molar-refractivity contribution >= 4 is 0 Å². The zero-order valence-corrected chi connectivity index (χ0v) is 9.05. The van der Waals surface area contributed by atoms with Gasteiger partial charge in [-0.15, -0.1) is 0 Å². The molecule has 0 aliphatic carbocycles. The predicted molar refractivity (Wildman–Crippen MR) is 61.4 cm³/mol. The number of aromatic nitrogens is 1. The molecule has 0 saturated carbocycles. The molecule has 0 saturated heterocycles. The Labute approximate surface area is 94.3 Å². The van der Waals surface area contributed by atoms with Crippen LogP contribution < -0.4 is 4.74 Å². The van der Waals surface area contributed by atoms with Crippen molar-refractivity contribution in [2.45, 2.75) is 13.5 Å². The Kier molecular flexibility index (Phi) is 3.05. The van der Waals surface area contributed by atoms with E-state index >= 15 is 0 Å². The lowest BCUT2D eigenvalue weighted by molar-refractivity contribution is 0.303. The lowest BCUT2D eigenvalue weighted by Gasteiger charge is -2.06. The summed E-state index contributed by atoms with van der Waals surface area (Å²) >= 11 is 0. The van der Waals surface area contributed by atoms with E-state index in [1.165, 1.54) is 6.20 Å². The second-order valence-electron chi connectivity index (χ2n) is 3.59. The van der Waals surface area contributed by atoms with Gasteiger partial charge in [-0.3, -0.25) is 0 Å². The second kappa shape index (κ2) is 4.66. The molecule has 1 aromatic heterocycles. The van der Waals surface area contributed by atoms with Crippen molar-refractivity contribution < 1.29 is 9.84 Å². The number of hydrogen-bond donors (Lipinski definition) is 1.